The highest BCUT2D eigenvalue weighted by atomic mass is 16.5. The molecule has 0 aromatic rings. The first-order valence-electron chi connectivity index (χ1n) is 31.1. The first-order chi connectivity index (χ1) is 34.0. The molecule has 0 bridgehead atoms. The van der Waals surface area contributed by atoms with Crippen molar-refractivity contribution in [1.82, 2.24) is 5.32 Å². The molecule has 2 unspecified atom stereocenters. The molecule has 6 heteroatoms. The summed E-state index contributed by atoms with van der Waals surface area (Å²) in [5.74, 6) is -0.0379. The SMILES string of the molecule is CCCCCCCC/C=C\CCCCCCCC(=O)OCCCCCCCCCCCCC/C=C\CCCCCCCCCC(=O)NC(CO)C(O)CCCCCCCCCCCCCCCCC. The van der Waals surface area contributed by atoms with Crippen molar-refractivity contribution in [2.24, 2.45) is 0 Å². The van der Waals surface area contributed by atoms with E-state index in [2.05, 4.69) is 43.5 Å². The fourth-order valence-electron chi connectivity index (χ4n) is 9.69. The first-order valence-corrected chi connectivity index (χ1v) is 31.1. The minimum Gasteiger partial charge on any atom is -0.466 e. The molecule has 0 spiro atoms. The fourth-order valence-corrected chi connectivity index (χ4v) is 9.69. The smallest absolute Gasteiger partial charge is 0.305 e. The highest BCUT2D eigenvalue weighted by Gasteiger charge is 2.20. The maximum Gasteiger partial charge on any atom is 0.305 e. The van der Waals surface area contributed by atoms with Crippen LogP contribution in [0.2, 0.25) is 0 Å². The number of aliphatic hydroxyl groups excluding tert-OH is 2. The second kappa shape index (κ2) is 58.9. The van der Waals surface area contributed by atoms with E-state index in [1.54, 1.807) is 0 Å². The summed E-state index contributed by atoms with van der Waals surface area (Å²) in [5.41, 5.74) is 0. The third-order valence-electron chi connectivity index (χ3n) is 14.5. The lowest BCUT2D eigenvalue weighted by atomic mass is 10.0. The van der Waals surface area contributed by atoms with Crippen molar-refractivity contribution in [2.45, 2.75) is 353 Å². The molecule has 0 rings (SSSR count). The molecule has 0 radical (unpaired) electrons. The van der Waals surface area contributed by atoms with Crippen molar-refractivity contribution >= 4 is 11.9 Å². The van der Waals surface area contributed by atoms with Crippen molar-refractivity contribution in [3.63, 3.8) is 0 Å². The van der Waals surface area contributed by atoms with Crippen LogP contribution in [-0.4, -0.2) is 47.4 Å². The number of carbonyl (C=O) groups is 2. The molecule has 2 atom stereocenters. The lowest BCUT2D eigenvalue weighted by Gasteiger charge is -2.22. The van der Waals surface area contributed by atoms with E-state index >= 15 is 0 Å². The number of carbonyl (C=O) groups excluding carboxylic acids is 2. The van der Waals surface area contributed by atoms with Gasteiger partial charge in [0.1, 0.15) is 0 Å². The molecule has 69 heavy (non-hydrogen) atoms. The Morgan fingerprint density at radius 3 is 1.03 bits per heavy atom. The van der Waals surface area contributed by atoms with Gasteiger partial charge in [0.05, 0.1) is 25.4 Å². The van der Waals surface area contributed by atoms with E-state index in [1.807, 2.05) is 0 Å². The van der Waals surface area contributed by atoms with Gasteiger partial charge in [-0.2, -0.15) is 0 Å². The Morgan fingerprint density at radius 2 is 0.681 bits per heavy atom. The van der Waals surface area contributed by atoms with Gasteiger partial charge in [-0.15, -0.1) is 0 Å². The number of nitrogens with one attached hydrogen (secondary N) is 1. The molecule has 0 aromatic carbocycles. The third kappa shape index (κ3) is 55.5. The predicted octanol–water partition coefficient (Wildman–Crippen LogP) is 19.4. The number of amides is 1. The van der Waals surface area contributed by atoms with Crippen LogP contribution in [0.1, 0.15) is 341 Å². The molecule has 408 valence electrons. The minimum absolute atomic E-state index is 0.00241. The third-order valence-corrected chi connectivity index (χ3v) is 14.5. The number of unbranched alkanes of at least 4 members (excludes halogenated alkanes) is 43. The van der Waals surface area contributed by atoms with Crippen LogP contribution in [0.4, 0.5) is 0 Å². The molecule has 0 aliphatic carbocycles. The van der Waals surface area contributed by atoms with Crippen LogP contribution in [0.25, 0.3) is 0 Å². The van der Waals surface area contributed by atoms with Crippen LogP contribution < -0.4 is 5.32 Å². The number of allylic oxidation sites excluding steroid dienone is 4. The molecular weight excluding hydrogens is 851 g/mol. The minimum atomic E-state index is -0.668. The summed E-state index contributed by atoms with van der Waals surface area (Å²) in [5, 5.41) is 23.3. The fraction of sp³-hybridized carbons (Fsp3) is 0.905. The lowest BCUT2D eigenvalue weighted by Crippen LogP contribution is -2.45. The standard InChI is InChI=1S/C63H121NO5/c1-3-5-7-9-11-13-15-17-27-31-35-39-43-47-51-55-61(66)60(59-65)64-62(67)56-52-48-44-40-36-32-29-25-23-21-19-20-22-24-26-30-34-38-42-46-50-54-58-69-63(68)57-53-49-45-41-37-33-28-18-16-14-12-10-8-6-4-2/h18,21,23,28,60-61,65-66H,3-17,19-20,22,24-27,29-59H2,1-2H3,(H,64,67)/b23-21-,28-18-. The number of hydrogen-bond donors (Lipinski definition) is 3. The average Bonchev–Trinajstić information content (AvgIpc) is 3.35. The van der Waals surface area contributed by atoms with Crippen LogP contribution in [-0.2, 0) is 14.3 Å². The summed E-state index contributed by atoms with van der Waals surface area (Å²) in [6, 6.07) is -0.546. The Morgan fingerprint density at radius 1 is 0.391 bits per heavy atom. The molecule has 0 aliphatic heterocycles. The monoisotopic (exact) mass is 972 g/mol. The van der Waals surface area contributed by atoms with Gasteiger partial charge in [-0.25, -0.2) is 0 Å². The molecule has 0 saturated carbocycles. The molecule has 0 saturated heterocycles. The van der Waals surface area contributed by atoms with E-state index in [9.17, 15) is 19.8 Å². The normalized spacial score (nSPS) is 12.7. The van der Waals surface area contributed by atoms with Crippen LogP contribution in [0.5, 0.6) is 0 Å². The first kappa shape index (κ1) is 67.3. The van der Waals surface area contributed by atoms with Gasteiger partial charge in [0.15, 0.2) is 0 Å². The van der Waals surface area contributed by atoms with Gasteiger partial charge >= 0.3 is 5.97 Å². The van der Waals surface area contributed by atoms with Crippen molar-refractivity contribution < 1.29 is 24.5 Å². The molecule has 0 aromatic heterocycles. The zero-order chi connectivity index (χ0) is 50.0. The largest absolute Gasteiger partial charge is 0.466 e. The molecule has 1 amide bonds. The van der Waals surface area contributed by atoms with E-state index in [4.69, 9.17) is 4.74 Å². The van der Waals surface area contributed by atoms with Gasteiger partial charge in [-0.1, -0.05) is 276 Å². The molecule has 0 heterocycles. The number of ether oxygens (including phenoxy) is 1. The van der Waals surface area contributed by atoms with Crippen LogP contribution in [0.3, 0.4) is 0 Å². The van der Waals surface area contributed by atoms with Crippen LogP contribution in [0.15, 0.2) is 24.3 Å². The number of rotatable bonds is 58. The van der Waals surface area contributed by atoms with Crippen LogP contribution >= 0.6 is 0 Å². The summed E-state index contributed by atoms with van der Waals surface area (Å²) in [6.07, 6.45) is 71.8. The quantitative estimate of drug-likeness (QED) is 0.0321. The Hall–Kier alpha value is -1.66. The zero-order valence-corrected chi connectivity index (χ0v) is 46.6. The summed E-state index contributed by atoms with van der Waals surface area (Å²) >= 11 is 0. The summed E-state index contributed by atoms with van der Waals surface area (Å²) in [6.45, 7) is 4.96. The zero-order valence-electron chi connectivity index (χ0n) is 46.6. The molecular formula is C63H121NO5. The van der Waals surface area contributed by atoms with Gasteiger partial charge in [0, 0.05) is 12.8 Å². The second-order valence-corrected chi connectivity index (χ2v) is 21.4. The maximum atomic E-state index is 12.5. The summed E-state index contributed by atoms with van der Waals surface area (Å²) in [7, 11) is 0. The molecule has 6 nitrogen and oxygen atoms in total. The molecule has 3 N–H and O–H groups in total. The summed E-state index contributed by atoms with van der Waals surface area (Å²) < 4.78 is 5.48. The van der Waals surface area contributed by atoms with E-state index in [0.717, 1.165) is 44.9 Å². The molecule has 0 aliphatic rings. The number of aliphatic hydroxyl groups is 2. The number of esters is 1. The average molecular weight is 973 g/mol. The predicted molar refractivity (Wildman–Crippen MR) is 301 cm³/mol. The van der Waals surface area contributed by atoms with Gasteiger partial charge in [-0.3, -0.25) is 9.59 Å². The van der Waals surface area contributed by atoms with Crippen molar-refractivity contribution in [1.29, 1.82) is 0 Å². The van der Waals surface area contributed by atoms with Crippen molar-refractivity contribution in [2.75, 3.05) is 13.2 Å². The second-order valence-electron chi connectivity index (χ2n) is 21.4. The lowest BCUT2D eigenvalue weighted by molar-refractivity contribution is -0.143. The van der Waals surface area contributed by atoms with Gasteiger partial charge in [0.2, 0.25) is 5.91 Å². The van der Waals surface area contributed by atoms with Crippen LogP contribution in [0, 0.1) is 0 Å². The van der Waals surface area contributed by atoms with Gasteiger partial charge in [0.25, 0.3) is 0 Å². The van der Waals surface area contributed by atoms with E-state index in [-0.39, 0.29) is 18.5 Å². The Kier molecular flexibility index (Phi) is 57.5. The molecule has 0 fully saturated rings. The van der Waals surface area contributed by atoms with Gasteiger partial charge < -0.3 is 20.3 Å². The van der Waals surface area contributed by atoms with Crippen molar-refractivity contribution in [3.05, 3.63) is 24.3 Å². The van der Waals surface area contributed by atoms with Gasteiger partial charge in [-0.05, 0) is 77.0 Å². The number of hydrogen-bond acceptors (Lipinski definition) is 5. The highest BCUT2D eigenvalue weighted by molar-refractivity contribution is 5.76. The Balaban J connectivity index is 3.41. The maximum absolute atomic E-state index is 12.5. The Labute approximate surface area is 431 Å². The summed E-state index contributed by atoms with van der Waals surface area (Å²) in [4.78, 5) is 24.5. The highest BCUT2D eigenvalue weighted by Crippen LogP contribution is 2.17. The van der Waals surface area contributed by atoms with E-state index < -0.39 is 12.1 Å². The Bertz CT molecular complexity index is 1080. The van der Waals surface area contributed by atoms with E-state index in [0.29, 0.717) is 25.9 Å². The van der Waals surface area contributed by atoms with E-state index in [1.165, 1.54) is 263 Å². The van der Waals surface area contributed by atoms with Crippen molar-refractivity contribution in [3.8, 4) is 0 Å². The topological polar surface area (TPSA) is 95.9 Å².